The van der Waals surface area contributed by atoms with Crippen LogP contribution in [0, 0.1) is 0 Å². The molecule has 10 heteroatoms. The Bertz CT molecular complexity index is 616. The van der Waals surface area contributed by atoms with Crippen LogP contribution in [0.5, 0.6) is 0 Å². The van der Waals surface area contributed by atoms with Crippen molar-refractivity contribution in [2.45, 2.75) is 11.3 Å². The molecule has 0 aliphatic heterocycles. The molecular weight excluding hydrogens is 466 g/mol. The molecule has 17 heavy (non-hydrogen) atoms. The van der Waals surface area contributed by atoms with Crippen molar-refractivity contribution in [3.05, 3.63) is 24.3 Å². The van der Waals surface area contributed by atoms with Crippen molar-refractivity contribution in [1.29, 1.82) is 0 Å². The van der Waals surface area contributed by atoms with E-state index in [1.165, 1.54) is 0 Å². The van der Waals surface area contributed by atoms with E-state index < -0.39 is 21.3 Å². The monoisotopic (exact) mass is 469 g/mol. The SMILES string of the molecule is NS(=O)(=O)c1ccc(S(=O)(=O)C(Br)(Br)Br)cc1. The summed E-state index contributed by atoms with van der Waals surface area (Å²) in [5.74, 6) is 0. The number of primary sulfonamides is 1. The summed E-state index contributed by atoms with van der Waals surface area (Å²) in [6.07, 6.45) is 0. The summed E-state index contributed by atoms with van der Waals surface area (Å²) < 4.78 is 44.3. The van der Waals surface area contributed by atoms with Gasteiger partial charge in [-0.1, -0.05) is 0 Å². The Morgan fingerprint density at radius 3 is 1.53 bits per heavy atom. The molecule has 0 aliphatic carbocycles. The summed E-state index contributed by atoms with van der Waals surface area (Å²) in [6.45, 7) is 0. The van der Waals surface area contributed by atoms with Crippen LogP contribution < -0.4 is 5.14 Å². The minimum atomic E-state index is -3.83. The zero-order valence-electron chi connectivity index (χ0n) is 7.97. The van der Waals surface area contributed by atoms with Gasteiger partial charge in [-0.25, -0.2) is 22.0 Å². The number of sulfonamides is 1. The molecule has 0 aliphatic rings. The Balaban J connectivity index is 3.31. The normalized spacial score (nSPS) is 13.6. The van der Waals surface area contributed by atoms with Crippen molar-refractivity contribution < 1.29 is 16.8 Å². The Hall–Kier alpha value is 0.520. The first kappa shape index (κ1) is 15.6. The van der Waals surface area contributed by atoms with E-state index in [0.29, 0.717) is 0 Å². The average Bonchev–Trinajstić information content (AvgIpc) is 2.15. The van der Waals surface area contributed by atoms with Crippen LogP contribution >= 0.6 is 47.8 Å². The number of sulfone groups is 1. The summed E-state index contributed by atoms with van der Waals surface area (Å²) in [4.78, 5) is -0.212. The zero-order valence-corrected chi connectivity index (χ0v) is 14.4. The highest BCUT2D eigenvalue weighted by atomic mass is 80.0. The number of hydrogen-bond donors (Lipinski definition) is 1. The molecule has 5 nitrogen and oxygen atoms in total. The first-order valence-electron chi connectivity index (χ1n) is 3.90. The second kappa shape index (κ2) is 4.89. The van der Waals surface area contributed by atoms with Crippen LogP contribution in [-0.2, 0) is 19.9 Å². The van der Waals surface area contributed by atoms with Crippen LogP contribution in [0.25, 0.3) is 0 Å². The molecule has 0 aromatic heterocycles. The van der Waals surface area contributed by atoms with Gasteiger partial charge in [0.2, 0.25) is 21.3 Å². The standard InChI is InChI=1S/C7H6Br3NO4S2/c8-7(9,10)16(12,13)5-1-3-6(4-2-5)17(11,14)15/h1-4H,(H2,11,14,15). The highest BCUT2D eigenvalue weighted by Crippen LogP contribution is 2.43. The largest absolute Gasteiger partial charge is 0.239 e. The first-order chi connectivity index (χ1) is 7.46. The van der Waals surface area contributed by atoms with Gasteiger partial charge in [-0.05, 0) is 72.1 Å². The van der Waals surface area contributed by atoms with E-state index in [4.69, 9.17) is 5.14 Å². The molecule has 1 rings (SSSR count). The fourth-order valence-electron chi connectivity index (χ4n) is 0.942. The maximum absolute atomic E-state index is 11.9. The molecule has 96 valence electrons. The Labute approximate surface area is 124 Å². The molecule has 0 radical (unpaired) electrons. The van der Waals surface area contributed by atoms with Crippen molar-refractivity contribution in [2.24, 2.45) is 5.14 Å². The summed E-state index contributed by atoms with van der Waals surface area (Å²) in [5.41, 5.74) is 0. The third-order valence-electron chi connectivity index (χ3n) is 1.77. The van der Waals surface area contributed by atoms with Crippen molar-refractivity contribution in [3.8, 4) is 0 Å². The van der Waals surface area contributed by atoms with E-state index in [9.17, 15) is 16.8 Å². The van der Waals surface area contributed by atoms with Crippen molar-refractivity contribution in [2.75, 3.05) is 0 Å². The van der Waals surface area contributed by atoms with Crippen LogP contribution in [0.15, 0.2) is 34.1 Å². The molecule has 0 atom stereocenters. The molecule has 0 fully saturated rings. The predicted octanol–water partition coefficient (Wildman–Crippen LogP) is 1.90. The lowest BCUT2D eigenvalue weighted by Gasteiger charge is -2.13. The zero-order chi connectivity index (χ0) is 13.5. The maximum Gasteiger partial charge on any atom is 0.239 e. The van der Waals surface area contributed by atoms with Gasteiger partial charge in [0.25, 0.3) is 0 Å². The quantitative estimate of drug-likeness (QED) is 0.666. The lowest BCUT2D eigenvalue weighted by atomic mass is 10.4. The molecule has 0 saturated carbocycles. The molecule has 0 amide bonds. The fourth-order valence-corrected chi connectivity index (χ4v) is 3.90. The van der Waals surface area contributed by atoms with Gasteiger partial charge in [-0.15, -0.1) is 0 Å². The second-order valence-corrected chi connectivity index (χ2v) is 15.0. The minimum Gasteiger partial charge on any atom is -0.225 e. The maximum atomic E-state index is 11.9. The molecule has 0 saturated heterocycles. The van der Waals surface area contributed by atoms with Crippen LogP contribution in [-0.4, -0.2) is 18.3 Å². The molecule has 1 aromatic rings. The fraction of sp³-hybridized carbons (Fsp3) is 0.143. The van der Waals surface area contributed by atoms with Crippen LogP contribution in [0.2, 0.25) is 0 Å². The smallest absolute Gasteiger partial charge is 0.225 e. The third-order valence-corrected chi connectivity index (χ3v) is 8.03. The summed E-state index contributed by atoms with van der Waals surface area (Å²) >= 11 is 8.69. The van der Waals surface area contributed by atoms with E-state index in [2.05, 4.69) is 47.8 Å². The van der Waals surface area contributed by atoms with E-state index in [1.54, 1.807) is 0 Å². The topological polar surface area (TPSA) is 94.3 Å². The van der Waals surface area contributed by atoms with Gasteiger partial charge < -0.3 is 0 Å². The van der Waals surface area contributed by atoms with Crippen molar-refractivity contribution in [1.82, 2.24) is 0 Å². The van der Waals surface area contributed by atoms with Gasteiger partial charge in [0.05, 0.1) is 9.79 Å². The van der Waals surface area contributed by atoms with E-state index >= 15 is 0 Å². The summed E-state index contributed by atoms with van der Waals surface area (Å²) in [6, 6.07) is 4.57. The number of hydrogen-bond acceptors (Lipinski definition) is 4. The lowest BCUT2D eigenvalue weighted by molar-refractivity contribution is 0.594. The Morgan fingerprint density at radius 2 is 1.24 bits per heavy atom. The Kier molecular flexibility index (Phi) is 4.48. The molecule has 0 heterocycles. The summed E-state index contributed by atoms with van der Waals surface area (Å²) in [7, 11) is -7.55. The van der Waals surface area contributed by atoms with Crippen LogP contribution in [0.3, 0.4) is 0 Å². The van der Waals surface area contributed by atoms with Gasteiger partial charge >= 0.3 is 0 Å². The predicted molar refractivity (Wildman–Crippen MR) is 74.5 cm³/mol. The lowest BCUT2D eigenvalue weighted by Crippen LogP contribution is -2.18. The van der Waals surface area contributed by atoms with E-state index in [1.807, 2.05) is 0 Å². The second-order valence-electron chi connectivity index (χ2n) is 2.97. The minimum absolute atomic E-state index is 0.0597. The highest BCUT2D eigenvalue weighted by molar-refractivity contribution is 9.42. The van der Waals surface area contributed by atoms with Crippen molar-refractivity contribution >= 4 is 67.7 Å². The molecule has 2 N–H and O–H groups in total. The van der Waals surface area contributed by atoms with E-state index in [-0.39, 0.29) is 9.79 Å². The molecule has 0 bridgehead atoms. The molecule has 0 unspecified atom stereocenters. The van der Waals surface area contributed by atoms with Gasteiger partial charge in [0, 0.05) is 0 Å². The number of alkyl halides is 3. The Morgan fingerprint density at radius 1 is 0.882 bits per heavy atom. The number of halogens is 3. The average molecular weight is 472 g/mol. The molecular formula is C7H6Br3NO4S2. The van der Waals surface area contributed by atoms with Crippen LogP contribution in [0.1, 0.15) is 0 Å². The van der Waals surface area contributed by atoms with Gasteiger partial charge in [0.15, 0.2) is 0 Å². The highest BCUT2D eigenvalue weighted by Gasteiger charge is 2.37. The van der Waals surface area contributed by atoms with E-state index in [0.717, 1.165) is 24.3 Å². The number of nitrogens with two attached hydrogens (primary N) is 1. The number of rotatable bonds is 2. The van der Waals surface area contributed by atoms with Gasteiger partial charge in [0.1, 0.15) is 0 Å². The van der Waals surface area contributed by atoms with Crippen molar-refractivity contribution in [3.63, 3.8) is 0 Å². The third kappa shape index (κ3) is 3.51. The molecule has 1 aromatic carbocycles. The first-order valence-corrected chi connectivity index (χ1v) is 9.31. The van der Waals surface area contributed by atoms with Gasteiger partial charge in [-0.2, -0.15) is 0 Å². The van der Waals surface area contributed by atoms with Crippen LogP contribution in [0.4, 0.5) is 0 Å². The summed E-state index contributed by atoms with van der Waals surface area (Å²) in [5, 5.41) is 4.90. The molecule has 0 spiro atoms. The van der Waals surface area contributed by atoms with Gasteiger partial charge in [-0.3, -0.25) is 0 Å². The number of benzene rings is 1.